The number of nitrogens with zero attached hydrogens (tertiary/aromatic N) is 3. The standard InChI is InChI=1S/C5H10N4/c1-5(2,3)4-6-8-9-7-4/h1-3H3,(H,6,7,8,9)/i/hD. The molecule has 1 heterocycles. The SMILES string of the molecule is [2H]n1nnnc1C(C)(C)C. The average molecular weight is 127 g/mol. The number of H-pyrrole nitrogens is 1. The van der Waals surface area contributed by atoms with Crippen molar-refractivity contribution in [1.82, 2.24) is 20.6 Å². The van der Waals surface area contributed by atoms with Gasteiger partial charge in [0, 0.05) is 5.41 Å². The van der Waals surface area contributed by atoms with Crippen molar-refractivity contribution < 1.29 is 1.41 Å². The lowest BCUT2D eigenvalue weighted by Gasteiger charge is -2.11. The second kappa shape index (κ2) is 1.79. The van der Waals surface area contributed by atoms with Crippen LogP contribution in [0.25, 0.3) is 0 Å². The predicted molar refractivity (Wildman–Crippen MR) is 32.9 cm³/mol. The first-order chi connectivity index (χ1) is 4.52. The molecule has 1 aromatic rings. The van der Waals surface area contributed by atoms with E-state index in [9.17, 15) is 0 Å². The van der Waals surface area contributed by atoms with Crippen molar-refractivity contribution >= 4 is 0 Å². The third-order valence-corrected chi connectivity index (χ3v) is 0.990. The summed E-state index contributed by atoms with van der Waals surface area (Å²) in [5, 5.41) is 11.4. The van der Waals surface area contributed by atoms with Crippen LogP contribution in [0.2, 0.25) is 1.41 Å². The van der Waals surface area contributed by atoms with Crippen LogP contribution in [0.4, 0.5) is 0 Å². The van der Waals surface area contributed by atoms with Crippen molar-refractivity contribution in [3.63, 3.8) is 0 Å². The second-order valence-corrected chi connectivity index (χ2v) is 2.95. The first-order valence-electron chi connectivity index (χ1n) is 3.24. The van der Waals surface area contributed by atoms with Gasteiger partial charge in [-0.1, -0.05) is 20.8 Å². The van der Waals surface area contributed by atoms with Crippen LogP contribution in [0, 0.1) is 0 Å². The highest BCUT2D eigenvalue weighted by molar-refractivity contribution is 4.95. The number of hydrogen-bond acceptors (Lipinski definition) is 3. The minimum atomic E-state index is -0.148. The molecule has 0 atom stereocenters. The van der Waals surface area contributed by atoms with Gasteiger partial charge in [-0.25, -0.2) is 5.09 Å². The average Bonchev–Trinajstić information content (AvgIpc) is 2.11. The molecule has 4 nitrogen and oxygen atoms in total. The van der Waals surface area contributed by atoms with Crippen LogP contribution in [0.3, 0.4) is 0 Å². The maximum Gasteiger partial charge on any atom is 0.193 e. The Bertz CT molecular complexity index is 224. The van der Waals surface area contributed by atoms with E-state index >= 15 is 0 Å². The maximum atomic E-state index is 7.19. The largest absolute Gasteiger partial charge is 0.242 e. The van der Waals surface area contributed by atoms with Crippen LogP contribution >= 0.6 is 0 Å². The Morgan fingerprint density at radius 2 is 2.22 bits per heavy atom. The minimum Gasteiger partial charge on any atom is -0.242 e. The summed E-state index contributed by atoms with van der Waals surface area (Å²) < 4.78 is 7.19. The fraction of sp³-hybridized carbons (Fsp3) is 0.800. The van der Waals surface area contributed by atoms with E-state index in [0.29, 0.717) is 5.82 Å². The molecule has 0 saturated carbocycles. The molecule has 0 saturated heterocycles. The zero-order chi connectivity index (χ0) is 7.78. The summed E-state index contributed by atoms with van der Waals surface area (Å²) in [6.07, 6.45) is 0. The predicted octanol–water partition coefficient (Wildman–Crippen LogP) is 0.497. The Morgan fingerprint density at radius 1 is 1.56 bits per heavy atom. The number of aromatic amines is 1. The third kappa shape index (κ3) is 1.25. The highest BCUT2D eigenvalue weighted by atomic mass is 15.5. The molecule has 0 spiro atoms. The summed E-state index contributed by atoms with van der Waals surface area (Å²) >= 11 is 0. The highest BCUT2D eigenvalue weighted by Gasteiger charge is 2.16. The summed E-state index contributed by atoms with van der Waals surface area (Å²) in [5.41, 5.74) is -0.148. The Balaban J connectivity index is 3.05. The van der Waals surface area contributed by atoms with Gasteiger partial charge in [-0.2, -0.15) is 0 Å². The molecule has 0 fully saturated rings. The molecule has 1 rings (SSSR count). The van der Waals surface area contributed by atoms with Crippen LogP contribution in [0.1, 0.15) is 26.6 Å². The molecule has 9 heavy (non-hydrogen) atoms. The zero-order valence-corrected chi connectivity index (χ0v) is 5.79. The van der Waals surface area contributed by atoms with Crippen LogP contribution in [0.15, 0.2) is 0 Å². The lowest BCUT2D eigenvalue weighted by Crippen LogP contribution is -2.13. The van der Waals surface area contributed by atoms with E-state index < -0.39 is 0 Å². The monoisotopic (exact) mass is 127 g/mol. The summed E-state index contributed by atoms with van der Waals surface area (Å²) in [5.74, 6) is 0.576. The first-order valence-corrected chi connectivity index (χ1v) is 2.80. The Labute approximate surface area is 55.1 Å². The lowest BCUT2D eigenvalue weighted by molar-refractivity contribution is 0.546. The Hall–Kier alpha value is -0.930. The van der Waals surface area contributed by atoms with Gasteiger partial charge in [0.1, 0.15) is 0 Å². The van der Waals surface area contributed by atoms with Crippen molar-refractivity contribution in [3.05, 3.63) is 5.82 Å². The van der Waals surface area contributed by atoms with Crippen LogP contribution < -0.4 is 0 Å². The lowest BCUT2D eigenvalue weighted by atomic mass is 9.96. The van der Waals surface area contributed by atoms with Gasteiger partial charge >= 0.3 is 0 Å². The van der Waals surface area contributed by atoms with Crippen molar-refractivity contribution in [2.45, 2.75) is 26.2 Å². The van der Waals surface area contributed by atoms with E-state index in [2.05, 4.69) is 15.5 Å². The topological polar surface area (TPSA) is 54.5 Å². The third-order valence-electron chi connectivity index (χ3n) is 0.990. The first kappa shape index (κ1) is 4.90. The molecule has 0 aliphatic carbocycles. The van der Waals surface area contributed by atoms with Gasteiger partial charge in [-0.3, -0.25) is 0 Å². The van der Waals surface area contributed by atoms with Gasteiger partial charge in [0.15, 0.2) is 7.24 Å². The molecule has 0 bridgehead atoms. The number of nitrogens with one attached hydrogen (secondary N) is 1. The summed E-state index contributed by atoms with van der Waals surface area (Å²) in [6, 6.07) is 0. The molecule has 0 unspecified atom stereocenters. The van der Waals surface area contributed by atoms with Crippen molar-refractivity contribution in [2.24, 2.45) is 0 Å². The number of aromatic nitrogens is 4. The Morgan fingerprint density at radius 3 is 2.44 bits per heavy atom. The number of tetrazole rings is 1. The Kier molecular flexibility index (Phi) is 0.974. The summed E-state index contributed by atoms with van der Waals surface area (Å²) in [7, 11) is 0. The van der Waals surface area contributed by atoms with E-state index in [1.165, 1.54) is 0 Å². The molecular weight excluding hydrogens is 116 g/mol. The van der Waals surface area contributed by atoms with E-state index in [1.807, 2.05) is 20.8 Å². The number of rotatable bonds is 0. The van der Waals surface area contributed by atoms with Crippen molar-refractivity contribution in [1.29, 1.82) is 0 Å². The molecule has 0 aliphatic rings. The molecule has 0 aromatic carbocycles. The summed E-state index contributed by atoms with van der Waals surface area (Å²) in [4.78, 5) is 0. The van der Waals surface area contributed by atoms with Gasteiger partial charge in [0.05, 0.1) is 0 Å². The number of hydrogen-bond donors (Lipinski definition) is 1. The minimum absolute atomic E-state index is 0.148. The van der Waals surface area contributed by atoms with Gasteiger partial charge in [-0.15, -0.1) is 5.10 Å². The normalized spacial score (nSPS) is 13.4. The van der Waals surface area contributed by atoms with Crippen LogP contribution in [-0.2, 0) is 5.41 Å². The smallest absolute Gasteiger partial charge is 0.193 e. The molecule has 50 valence electrons. The van der Waals surface area contributed by atoms with E-state index in [-0.39, 0.29) is 5.41 Å². The molecule has 1 N–H and O–H groups in total. The van der Waals surface area contributed by atoms with Crippen molar-refractivity contribution in [3.8, 4) is 0 Å². The van der Waals surface area contributed by atoms with Gasteiger partial charge in [0.2, 0.25) is 0 Å². The fourth-order valence-corrected chi connectivity index (χ4v) is 0.445. The van der Waals surface area contributed by atoms with Gasteiger partial charge in [-0.05, 0) is 10.4 Å². The molecule has 1 aromatic heterocycles. The van der Waals surface area contributed by atoms with E-state index in [0.717, 1.165) is 5.09 Å². The molecular formula is C5H10N4. The highest BCUT2D eigenvalue weighted by Crippen LogP contribution is 2.14. The van der Waals surface area contributed by atoms with Crippen LogP contribution in [-0.4, -0.2) is 20.6 Å². The molecule has 4 heteroatoms. The zero-order valence-electron chi connectivity index (χ0n) is 6.79. The second-order valence-electron chi connectivity index (χ2n) is 2.95. The summed E-state index contributed by atoms with van der Waals surface area (Å²) in [6.45, 7) is 5.89. The molecule has 0 aliphatic heterocycles. The molecule has 0 amide bonds. The van der Waals surface area contributed by atoms with Crippen LogP contribution in [0.5, 0.6) is 0 Å². The van der Waals surface area contributed by atoms with Crippen molar-refractivity contribution in [2.75, 3.05) is 0 Å². The van der Waals surface area contributed by atoms with E-state index in [1.54, 1.807) is 0 Å². The molecule has 0 radical (unpaired) electrons. The van der Waals surface area contributed by atoms with Gasteiger partial charge in [0.25, 0.3) is 0 Å². The quantitative estimate of drug-likeness (QED) is 0.552. The maximum absolute atomic E-state index is 7.19. The van der Waals surface area contributed by atoms with E-state index in [4.69, 9.17) is 1.41 Å². The van der Waals surface area contributed by atoms with Gasteiger partial charge < -0.3 is 0 Å². The fourth-order valence-electron chi connectivity index (χ4n) is 0.445.